The topological polar surface area (TPSA) is 86.9 Å². The number of rotatable bonds is 7. The Hall–Kier alpha value is -2.36. The van der Waals surface area contributed by atoms with Gasteiger partial charge in [0.1, 0.15) is 12.7 Å². The minimum Gasteiger partial charge on any atom is -0.376 e. The molecule has 0 bridgehead atoms. The minimum atomic E-state index is -0.148. The number of carbonyl (C=O) groups excluding carboxylic acids is 1. The number of thioether (sulfide) groups is 1. The number of ether oxygens (including phenoxy) is 1. The van der Waals surface area contributed by atoms with Crippen LogP contribution in [0.4, 0.5) is 5.69 Å². The maximum atomic E-state index is 12.7. The summed E-state index contributed by atoms with van der Waals surface area (Å²) in [7, 11) is 0. The number of nitrogens with one attached hydrogen (secondary N) is 1. The monoisotopic (exact) mass is 446 g/mol. The Morgan fingerprint density at radius 1 is 1.40 bits per heavy atom. The molecule has 2 aromatic heterocycles. The Bertz CT molecular complexity index is 1030. The average molecular weight is 447 g/mol. The van der Waals surface area contributed by atoms with Crippen molar-refractivity contribution in [3.8, 4) is 5.69 Å². The average Bonchev–Trinajstić information content (AvgIpc) is 3.47. The van der Waals surface area contributed by atoms with Crippen LogP contribution in [0.1, 0.15) is 24.2 Å². The van der Waals surface area contributed by atoms with Gasteiger partial charge in [-0.05, 0) is 44.9 Å². The molecule has 158 valence electrons. The quantitative estimate of drug-likeness (QED) is 0.557. The first-order chi connectivity index (χ1) is 14.5. The van der Waals surface area contributed by atoms with E-state index in [1.807, 2.05) is 6.92 Å². The van der Waals surface area contributed by atoms with Crippen LogP contribution in [0.25, 0.3) is 5.69 Å². The van der Waals surface area contributed by atoms with Gasteiger partial charge >= 0.3 is 0 Å². The van der Waals surface area contributed by atoms with E-state index in [0.29, 0.717) is 16.4 Å². The molecule has 8 nitrogen and oxygen atoms in total. The summed E-state index contributed by atoms with van der Waals surface area (Å²) in [6.07, 6.45) is 5.37. The van der Waals surface area contributed by atoms with Crippen LogP contribution in [0.2, 0.25) is 5.02 Å². The minimum absolute atomic E-state index is 0.148. The van der Waals surface area contributed by atoms with Crippen LogP contribution in [0, 0.1) is 13.8 Å². The number of benzene rings is 1. The number of amides is 1. The van der Waals surface area contributed by atoms with Gasteiger partial charge in [-0.15, -0.1) is 0 Å². The molecule has 0 aliphatic carbocycles. The van der Waals surface area contributed by atoms with Crippen LogP contribution in [-0.4, -0.2) is 48.7 Å². The van der Waals surface area contributed by atoms with Gasteiger partial charge in [-0.2, -0.15) is 5.10 Å². The molecule has 1 amide bonds. The van der Waals surface area contributed by atoms with Crippen LogP contribution >= 0.6 is 23.4 Å². The second-order valence-electron chi connectivity index (χ2n) is 7.15. The maximum absolute atomic E-state index is 12.7. The molecule has 1 saturated heterocycles. The molecule has 3 aromatic rings. The first kappa shape index (κ1) is 20.9. The highest BCUT2D eigenvalue weighted by molar-refractivity contribution is 7.99. The van der Waals surface area contributed by atoms with E-state index in [-0.39, 0.29) is 17.8 Å². The van der Waals surface area contributed by atoms with Crippen LogP contribution in [0.5, 0.6) is 0 Å². The highest BCUT2D eigenvalue weighted by Crippen LogP contribution is 2.26. The summed E-state index contributed by atoms with van der Waals surface area (Å²) in [4.78, 5) is 21.3. The van der Waals surface area contributed by atoms with Crippen molar-refractivity contribution >= 4 is 35.0 Å². The molecule has 4 rings (SSSR count). The molecule has 3 heterocycles. The Labute approximate surface area is 184 Å². The Morgan fingerprint density at radius 3 is 3.00 bits per heavy atom. The smallest absolute Gasteiger partial charge is 0.234 e. The lowest BCUT2D eigenvalue weighted by Crippen LogP contribution is -2.18. The number of halogens is 1. The van der Waals surface area contributed by atoms with E-state index in [1.165, 1.54) is 18.1 Å². The summed E-state index contributed by atoms with van der Waals surface area (Å²) >= 11 is 7.55. The molecule has 1 unspecified atom stereocenters. The zero-order valence-electron chi connectivity index (χ0n) is 16.8. The van der Waals surface area contributed by atoms with Gasteiger partial charge in [0.25, 0.3) is 0 Å². The first-order valence-corrected chi connectivity index (χ1v) is 11.1. The largest absolute Gasteiger partial charge is 0.376 e. The predicted octanol–water partition coefficient (Wildman–Crippen LogP) is 3.64. The molecule has 1 fully saturated rings. The highest BCUT2D eigenvalue weighted by Gasteiger charge is 2.21. The summed E-state index contributed by atoms with van der Waals surface area (Å²) in [5.74, 6) is 0.0793. The third-order valence-electron chi connectivity index (χ3n) is 5.06. The zero-order valence-corrected chi connectivity index (χ0v) is 18.4. The van der Waals surface area contributed by atoms with Gasteiger partial charge in [0.2, 0.25) is 5.91 Å². The number of aryl methyl sites for hydroxylation is 1. The van der Waals surface area contributed by atoms with Crippen LogP contribution in [0.3, 0.4) is 0 Å². The van der Waals surface area contributed by atoms with Crippen molar-refractivity contribution in [3.63, 3.8) is 0 Å². The molecule has 1 N–H and O–H groups in total. The normalized spacial score (nSPS) is 16.2. The maximum Gasteiger partial charge on any atom is 0.234 e. The molecule has 0 radical (unpaired) electrons. The van der Waals surface area contributed by atoms with Gasteiger partial charge in [0.15, 0.2) is 5.16 Å². The fourth-order valence-electron chi connectivity index (χ4n) is 3.40. The van der Waals surface area contributed by atoms with Crippen molar-refractivity contribution < 1.29 is 9.53 Å². The van der Waals surface area contributed by atoms with Gasteiger partial charge in [-0.1, -0.05) is 23.4 Å². The van der Waals surface area contributed by atoms with Gasteiger partial charge in [0, 0.05) is 17.3 Å². The molecule has 10 heteroatoms. The van der Waals surface area contributed by atoms with Crippen molar-refractivity contribution in [3.05, 3.63) is 47.3 Å². The number of aromatic nitrogens is 5. The van der Waals surface area contributed by atoms with E-state index in [2.05, 4.69) is 31.9 Å². The van der Waals surface area contributed by atoms with E-state index in [4.69, 9.17) is 16.3 Å². The summed E-state index contributed by atoms with van der Waals surface area (Å²) in [5, 5.41) is 8.42. The molecule has 0 saturated carbocycles. The number of hydrogen-bond donors (Lipinski definition) is 1. The Kier molecular flexibility index (Phi) is 6.40. The van der Waals surface area contributed by atoms with Gasteiger partial charge < -0.3 is 14.6 Å². The van der Waals surface area contributed by atoms with Gasteiger partial charge in [-0.25, -0.2) is 14.6 Å². The number of anilines is 1. The molecular formula is C20H23ClN6O2S. The lowest BCUT2D eigenvalue weighted by molar-refractivity contribution is -0.113. The van der Waals surface area contributed by atoms with E-state index < -0.39 is 0 Å². The third kappa shape index (κ3) is 4.69. The van der Waals surface area contributed by atoms with Gasteiger partial charge in [0.05, 0.1) is 35.5 Å². The first-order valence-electron chi connectivity index (χ1n) is 9.74. The zero-order chi connectivity index (χ0) is 21.1. The number of nitrogens with zero attached hydrogens (tertiary/aromatic N) is 5. The van der Waals surface area contributed by atoms with Crippen molar-refractivity contribution in [1.82, 2.24) is 24.3 Å². The standard InChI is InChI=1S/C20H23ClN6O2S/c1-13-14(2)26(9-16-4-3-7-29-16)20(24-13)30-10-19(28)25-17-8-15(21)5-6-18(17)27-12-22-11-23-27/h5-6,8,11-12,16H,3-4,7,9-10H2,1-2H3,(H,25,28). The van der Waals surface area contributed by atoms with Crippen molar-refractivity contribution in [2.45, 2.75) is 44.5 Å². The highest BCUT2D eigenvalue weighted by atomic mass is 35.5. The van der Waals surface area contributed by atoms with Gasteiger partial charge in [-0.3, -0.25) is 4.79 Å². The van der Waals surface area contributed by atoms with Crippen molar-refractivity contribution in [2.24, 2.45) is 0 Å². The molecule has 1 aliphatic heterocycles. The van der Waals surface area contributed by atoms with E-state index in [9.17, 15) is 4.79 Å². The summed E-state index contributed by atoms with van der Waals surface area (Å²) < 4.78 is 9.52. The number of hydrogen-bond acceptors (Lipinski definition) is 6. The molecular weight excluding hydrogens is 424 g/mol. The van der Waals surface area contributed by atoms with E-state index in [1.54, 1.807) is 29.2 Å². The fourth-order valence-corrected chi connectivity index (χ4v) is 4.47. The van der Waals surface area contributed by atoms with E-state index >= 15 is 0 Å². The lowest BCUT2D eigenvalue weighted by Gasteiger charge is -2.15. The lowest BCUT2D eigenvalue weighted by atomic mass is 10.2. The summed E-state index contributed by atoms with van der Waals surface area (Å²) in [6.45, 7) is 5.62. The molecule has 1 atom stereocenters. The molecule has 1 aliphatic rings. The predicted molar refractivity (Wildman–Crippen MR) is 116 cm³/mol. The second kappa shape index (κ2) is 9.20. The Morgan fingerprint density at radius 2 is 2.27 bits per heavy atom. The van der Waals surface area contributed by atoms with Crippen molar-refractivity contribution in [1.29, 1.82) is 0 Å². The Balaban J connectivity index is 1.45. The number of carbonyl (C=O) groups is 1. The SMILES string of the molecule is Cc1nc(SCC(=O)Nc2cc(Cl)ccc2-n2cncn2)n(CC2CCCO2)c1C. The molecule has 1 aromatic carbocycles. The summed E-state index contributed by atoms with van der Waals surface area (Å²) in [5.41, 5.74) is 3.35. The van der Waals surface area contributed by atoms with Crippen LogP contribution < -0.4 is 5.32 Å². The molecule has 30 heavy (non-hydrogen) atoms. The second-order valence-corrected chi connectivity index (χ2v) is 8.53. The summed E-state index contributed by atoms with van der Waals surface area (Å²) in [6, 6.07) is 5.24. The van der Waals surface area contributed by atoms with Crippen LogP contribution in [-0.2, 0) is 16.1 Å². The van der Waals surface area contributed by atoms with Crippen LogP contribution in [0.15, 0.2) is 36.0 Å². The van der Waals surface area contributed by atoms with Crippen molar-refractivity contribution in [2.75, 3.05) is 17.7 Å². The fraction of sp³-hybridized carbons (Fsp3) is 0.400. The number of imidazole rings is 1. The molecule has 0 spiro atoms. The third-order valence-corrected chi connectivity index (χ3v) is 6.28. The van der Waals surface area contributed by atoms with E-state index in [0.717, 1.165) is 42.5 Å².